The molecule has 1 atom stereocenters. The van der Waals surface area contributed by atoms with Gasteiger partial charge in [-0.05, 0) is 66.7 Å². The number of hydrogen-bond acceptors (Lipinski definition) is 3. The Morgan fingerprint density at radius 2 is 1.64 bits per heavy atom. The van der Waals surface area contributed by atoms with Crippen molar-refractivity contribution in [3.05, 3.63) is 156 Å². The number of nitrogens with one attached hydrogen (secondary N) is 1. The molecule has 0 saturated heterocycles. The first-order valence-electron chi connectivity index (χ1n) is 14.4. The van der Waals surface area contributed by atoms with E-state index in [2.05, 4.69) is 110 Å². The molecular weight excluding hydrogens is 534 g/mol. The Labute approximate surface area is 247 Å². The molecule has 0 amide bonds. The summed E-state index contributed by atoms with van der Waals surface area (Å²) in [4.78, 5) is 24.1. The highest BCUT2D eigenvalue weighted by Gasteiger charge is 2.32. The molecule has 0 spiro atoms. The van der Waals surface area contributed by atoms with Crippen LogP contribution in [0.2, 0.25) is 0 Å². The summed E-state index contributed by atoms with van der Waals surface area (Å²) in [5.41, 5.74) is 12.6. The van der Waals surface area contributed by atoms with Gasteiger partial charge in [-0.15, -0.1) is 0 Å². The van der Waals surface area contributed by atoms with Gasteiger partial charge >= 0.3 is 0 Å². The average Bonchev–Trinajstić information content (AvgIpc) is 3.54. The van der Waals surface area contributed by atoms with Crippen LogP contribution in [-0.4, -0.2) is 9.55 Å². The Balaban J connectivity index is 1.42. The number of fused-ring (bicyclic) bond motifs is 4. The second kappa shape index (κ2) is 9.68. The van der Waals surface area contributed by atoms with Crippen LogP contribution in [0.15, 0.2) is 112 Å². The van der Waals surface area contributed by atoms with Gasteiger partial charge in [-0.25, -0.2) is 4.99 Å². The molecule has 0 radical (unpaired) electrons. The molecule has 2 aromatic heterocycles. The molecule has 5 heteroatoms. The van der Waals surface area contributed by atoms with E-state index in [0.717, 1.165) is 56.6 Å². The largest absolute Gasteiger partial charge is 0.354 e. The molecule has 4 nitrogen and oxygen atoms in total. The third kappa shape index (κ3) is 3.88. The Kier molecular flexibility index (Phi) is 5.76. The van der Waals surface area contributed by atoms with Crippen LogP contribution in [0.1, 0.15) is 45.8 Å². The number of aromatic amines is 1. The van der Waals surface area contributed by atoms with Gasteiger partial charge in [0.2, 0.25) is 0 Å². The lowest BCUT2D eigenvalue weighted by Gasteiger charge is -2.30. The summed E-state index contributed by atoms with van der Waals surface area (Å²) in [7, 11) is 0. The molecule has 0 unspecified atom stereocenters. The third-order valence-electron chi connectivity index (χ3n) is 8.62. The van der Waals surface area contributed by atoms with Crippen molar-refractivity contribution in [3.63, 3.8) is 0 Å². The normalized spacial score (nSPS) is 16.2. The highest BCUT2D eigenvalue weighted by Crippen LogP contribution is 2.41. The van der Waals surface area contributed by atoms with Gasteiger partial charge in [-0.3, -0.25) is 9.36 Å². The van der Waals surface area contributed by atoms with E-state index < -0.39 is 0 Å². The van der Waals surface area contributed by atoms with Gasteiger partial charge in [0, 0.05) is 22.0 Å². The van der Waals surface area contributed by atoms with Crippen molar-refractivity contribution in [1.29, 1.82) is 0 Å². The van der Waals surface area contributed by atoms with E-state index in [1.807, 2.05) is 16.7 Å². The molecule has 204 valence electrons. The molecule has 3 heterocycles. The van der Waals surface area contributed by atoms with Crippen molar-refractivity contribution in [2.75, 3.05) is 0 Å². The minimum atomic E-state index is -0.172. The van der Waals surface area contributed by atoms with Gasteiger partial charge in [0.25, 0.3) is 5.56 Å². The van der Waals surface area contributed by atoms with Crippen LogP contribution in [0, 0.1) is 13.8 Å². The molecular formula is C37H29N3OS. The van der Waals surface area contributed by atoms with Gasteiger partial charge in [0.05, 0.1) is 22.0 Å². The number of benzene rings is 4. The zero-order valence-corrected chi connectivity index (χ0v) is 24.3. The summed E-state index contributed by atoms with van der Waals surface area (Å²) in [6.45, 7) is 4.27. The van der Waals surface area contributed by atoms with Gasteiger partial charge in [-0.2, -0.15) is 0 Å². The molecule has 0 fully saturated rings. The summed E-state index contributed by atoms with van der Waals surface area (Å²) in [6, 6.07) is 33.6. The summed E-state index contributed by atoms with van der Waals surface area (Å²) in [6.07, 6.45) is 3.92. The SMILES string of the molecule is Cc1cc(C)c2[nH]c(-c3ccccc3)c(/C=c3/sc4n(c3=O)[C@@H](c3ccccc3)C3=C(N=4)c4ccccc4CC3)c2c1. The highest BCUT2D eigenvalue weighted by atomic mass is 32.1. The predicted molar refractivity (Wildman–Crippen MR) is 172 cm³/mol. The molecule has 0 bridgehead atoms. The maximum Gasteiger partial charge on any atom is 0.271 e. The molecule has 1 aliphatic heterocycles. The van der Waals surface area contributed by atoms with Crippen LogP contribution < -0.4 is 14.9 Å². The Morgan fingerprint density at radius 1 is 0.905 bits per heavy atom. The zero-order valence-electron chi connectivity index (χ0n) is 23.5. The molecule has 4 aromatic carbocycles. The number of aromatic nitrogens is 2. The number of H-pyrrole nitrogens is 1. The van der Waals surface area contributed by atoms with E-state index in [9.17, 15) is 4.79 Å². The molecule has 0 saturated carbocycles. The number of aryl methyl sites for hydroxylation is 3. The molecule has 6 aromatic rings. The average molecular weight is 564 g/mol. The van der Waals surface area contributed by atoms with E-state index in [0.29, 0.717) is 4.53 Å². The first-order chi connectivity index (χ1) is 20.6. The van der Waals surface area contributed by atoms with Gasteiger partial charge < -0.3 is 4.98 Å². The van der Waals surface area contributed by atoms with Crippen LogP contribution in [0.4, 0.5) is 0 Å². The van der Waals surface area contributed by atoms with Crippen molar-refractivity contribution in [3.8, 4) is 11.3 Å². The molecule has 8 rings (SSSR count). The quantitative estimate of drug-likeness (QED) is 0.246. The van der Waals surface area contributed by atoms with Gasteiger partial charge in [-0.1, -0.05) is 108 Å². The van der Waals surface area contributed by atoms with Crippen molar-refractivity contribution < 1.29 is 0 Å². The number of nitrogens with zero attached hydrogens (tertiary/aromatic N) is 2. The maximum absolute atomic E-state index is 14.4. The maximum atomic E-state index is 14.4. The number of rotatable bonds is 3. The summed E-state index contributed by atoms with van der Waals surface area (Å²) in [5, 5.41) is 1.13. The fraction of sp³-hybridized carbons (Fsp3) is 0.135. The van der Waals surface area contributed by atoms with Crippen LogP contribution in [0.3, 0.4) is 0 Å². The van der Waals surface area contributed by atoms with Crippen LogP contribution in [-0.2, 0) is 6.42 Å². The number of thiazole rings is 1. The fourth-order valence-electron chi connectivity index (χ4n) is 6.74. The second-order valence-electron chi connectivity index (χ2n) is 11.3. The van der Waals surface area contributed by atoms with E-state index >= 15 is 0 Å². The Hall–Kier alpha value is -4.74. The van der Waals surface area contributed by atoms with Crippen LogP contribution in [0.5, 0.6) is 0 Å². The first-order valence-corrected chi connectivity index (χ1v) is 15.2. The summed E-state index contributed by atoms with van der Waals surface area (Å²) >= 11 is 1.49. The standard InChI is InChI=1S/C37H29N3OS/c1-22-19-23(2)32-29(20-22)30(33(38-32)25-12-5-3-6-13-25)21-31-36(41)40-35(26-14-7-4-8-15-26)28-18-17-24-11-9-10-16-27(24)34(28)39-37(40)42-31/h3-16,19-21,35,38H,17-18H2,1-2H3/b31-21+/t35-/m0/s1. The lowest BCUT2D eigenvalue weighted by Crippen LogP contribution is -2.38. The van der Waals surface area contributed by atoms with Crippen LogP contribution >= 0.6 is 11.3 Å². The van der Waals surface area contributed by atoms with E-state index in [1.165, 1.54) is 39.2 Å². The van der Waals surface area contributed by atoms with Gasteiger partial charge in [0.1, 0.15) is 0 Å². The minimum Gasteiger partial charge on any atom is -0.354 e. The molecule has 1 aliphatic carbocycles. The van der Waals surface area contributed by atoms with E-state index in [-0.39, 0.29) is 11.6 Å². The van der Waals surface area contributed by atoms with E-state index in [4.69, 9.17) is 4.99 Å². The minimum absolute atomic E-state index is 0.00995. The molecule has 2 aliphatic rings. The molecule has 1 N–H and O–H groups in total. The smallest absolute Gasteiger partial charge is 0.271 e. The second-order valence-corrected chi connectivity index (χ2v) is 12.3. The Bertz CT molecular complexity index is 2230. The zero-order chi connectivity index (χ0) is 28.4. The number of hydrogen-bond donors (Lipinski definition) is 1. The first kappa shape index (κ1) is 25.0. The summed E-state index contributed by atoms with van der Waals surface area (Å²) < 4.78 is 2.63. The predicted octanol–water partition coefficient (Wildman–Crippen LogP) is 7.08. The van der Waals surface area contributed by atoms with Crippen LogP contribution in [0.25, 0.3) is 33.9 Å². The van der Waals surface area contributed by atoms with Crippen molar-refractivity contribution >= 4 is 34.0 Å². The molecule has 42 heavy (non-hydrogen) atoms. The topological polar surface area (TPSA) is 50.1 Å². The highest BCUT2D eigenvalue weighted by molar-refractivity contribution is 7.07. The summed E-state index contributed by atoms with van der Waals surface area (Å²) in [5.74, 6) is 0. The van der Waals surface area contributed by atoms with Crippen molar-refractivity contribution in [2.45, 2.75) is 32.7 Å². The fourth-order valence-corrected chi connectivity index (χ4v) is 7.73. The monoisotopic (exact) mass is 563 g/mol. The van der Waals surface area contributed by atoms with Crippen molar-refractivity contribution in [2.24, 2.45) is 4.99 Å². The van der Waals surface area contributed by atoms with Crippen molar-refractivity contribution in [1.82, 2.24) is 9.55 Å². The lowest BCUT2D eigenvalue weighted by molar-refractivity contribution is 0.585. The third-order valence-corrected chi connectivity index (χ3v) is 9.60. The van der Waals surface area contributed by atoms with Gasteiger partial charge in [0.15, 0.2) is 4.80 Å². The lowest BCUT2D eigenvalue weighted by atomic mass is 9.83. The van der Waals surface area contributed by atoms with E-state index in [1.54, 1.807) is 0 Å². The Morgan fingerprint density at radius 3 is 2.45 bits per heavy atom. The number of allylic oxidation sites excluding steroid dienone is 1.